The second kappa shape index (κ2) is 8.17. The molecular formula is C21H26N2O2. The summed E-state index contributed by atoms with van der Waals surface area (Å²) in [6.07, 6.45) is 3.89. The number of nitrogens with one attached hydrogen (secondary N) is 1. The van der Waals surface area contributed by atoms with Gasteiger partial charge in [-0.1, -0.05) is 18.6 Å². The smallest absolute Gasteiger partial charge is 0.255 e. The summed E-state index contributed by atoms with van der Waals surface area (Å²) in [5.41, 5.74) is 2.70. The second-order valence-electron chi connectivity index (χ2n) is 6.58. The van der Waals surface area contributed by atoms with Gasteiger partial charge in [0.05, 0.1) is 7.11 Å². The highest BCUT2D eigenvalue weighted by Gasteiger charge is 2.18. The fraction of sp³-hybridized carbons (Fsp3) is 0.381. The van der Waals surface area contributed by atoms with Gasteiger partial charge in [0.1, 0.15) is 5.75 Å². The van der Waals surface area contributed by atoms with Gasteiger partial charge >= 0.3 is 0 Å². The van der Waals surface area contributed by atoms with E-state index >= 15 is 0 Å². The summed E-state index contributed by atoms with van der Waals surface area (Å²) in [4.78, 5) is 15.0. The van der Waals surface area contributed by atoms with E-state index in [2.05, 4.69) is 29.3 Å². The van der Waals surface area contributed by atoms with E-state index in [4.69, 9.17) is 4.74 Å². The van der Waals surface area contributed by atoms with E-state index in [0.717, 1.165) is 24.5 Å². The second-order valence-corrected chi connectivity index (χ2v) is 6.58. The number of benzene rings is 2. The number of methoxy groups -OCH3 is 1. The number of nitrogens with zero attached hydrogens (tertiary/aromatic N) is 1. The molecule has 4 nitrogen and oxygen atoms in total. The third kappa shape index (κ3) is 4.40. The number of hydrogen-bond donors (Lipinski definition) is 1. The van der Waals surface area contributed by atoms with Crippen molar-refractivity contribution in [2.45, 2.75) is 32.2 Å². The van der Waals surface area contributed by atoms with Crippen molar-refractivity contribution in [3.05, 3.63) is 59.7 Å². The highest BCUT2D eigenvalue weighted by molar-refractivity contribution is 6.04. The van der Waals surface area contributed by atoms with Crippen molar-refractivity contribution >= 4 is 11.6 Å². The van der Waals surface area contributed by atoms with E-state index in [-0.39, 0.29) is 5.91 Å². The van der Waals surface area contributed by atoms with Gasteiger partial charge in [0.15, 0.2) is 0 Å². The largest absolute Gasteiger partial charge is 0.497 e. The van der Waals surface area contributed by atoms with Crippen LogP contribution in [0.25, 0.3) is 0 Å². The summed E-state index contributed by atoms with van der Waals surface area (Å²) in [5, 5.41) is 3.00. The maximum atomic E-state index is 12.4. The van der Waals surface area contributed by atoms with Crippen LogP contribution in [-0.4, -0.2) is 31.0 Å². The zero-order valence-corrected chi connectivity index (χ0v) is 15.0. The van der Waals surface area contributed by atoms with E-state index in [1.165, 1.54) is 24.8 Å². The summed E-state index contributed by atoms with van der Waals surface area (Å²) in [6.45, 7) is 4.56. The molecule has 0 aromatic heterocycles. The highest BCUT2D eigenvalue weighted by atomic mass is 16.5. The van der Waals surface area contributed by atoms with Gasteiger partial charge < -0.3 is 10.1 Å². The van der Waals surface area contributed by atoms with Crippen molar-refractivity contribution in [2.24, 2.45) is 0 Å². The van der Waals surface area contributed by atoms with Crippen LogP contribution in [0.2, 0.25) is 0 Å². The number of likely N-dealkylation sites (tertiary alicyclic amines) is 1. The molecule has 0 radical (unpaired) electrons. The van der Waals surface area contributed by atoms with Crippen molar-refractivity contribution in [3.8, 4) is 5.75 Å². The Hall–Kier alpha value is -2.33. The lowest BCUT2D eigenvalue weighted by molar-refractivity contribution is 0.102. The molecule has 2 aromatic carbocycles. The summed E-state index contributed by atoms with van der Waals surface area (Å²) < 4.78 is 5.13. The van der Waals surface area contributed by atoms with Crippen LogP contribution < -0.4 is 10.1 Å². The predicted octanol–water partition coefficient (Wildman–Crippen LogP) is 4.49. The van der Waals surface area contributed by atoms with Gasteiger partial charge in [0.25, 0.3) is 5.91 Å². The predicted molar refractivity (Wildman–Crippen MR) is 101 cm³/mol. The van der Waals surface area contributed by atoms with Gasteiger partial charge in [-0.3, -0.25) is 9.69 Å². The monoisotopic (exact) mass is 338 g/mol. The first-order valence-electron chi connectivity index (χ1n) is 8.97. The molecule has 1 atom stereocenters. The topological polar surface area (TPSA) is 41.6 Å². The van der Waals surface area contributed by atoms with Crippen LogP contribution in [0.5, 0.6) is 5.75 Å². The molecule has 1 saturated heterocycles. The molecule has 3 rings (SSSR count). The lowest BCUT2D eigenvalue weighted by atomic mass is 10.0. The van der Waals surface area contributed by atoms with Gasteiger partial charge in [-0.05, 0) is 74.8 Å². The quantitative estimate of drug-likeness (QED) is 0.873. The summed E-state index contributed by atoms with van der Waals surface area (Å²) >= 11 is 0. The number of ether oxygens (including phenoxy) is 1. The zero-order valence-electron chi connectivity index (χ0n) is 15.0. The number of carbonyl (C=O) groups excluding carboxylic acids is 1. The number of anilines is 1. The third-order valence-electron chi connectivity index (χ3n) is 4.92. The van der Waals surface area contributed by atoms with E-state index in [0.29, 0.717) is 11.6 Å². The summed E-state index contributed by atoms with van der Waals surface area (Å²) in [7, 11) is 1.62. The van der Waals surface area contributed by atoms with Crippen LogP contribution in [0.4, 0.5) is 5.69 Å². The fourth-order valence-electron chi connectivity index (χ4n) is 3.34. The lowest BCUT2D eigenvalue weighted by Crippen LogP contribution is -2.32. The molecule has 2 aromatic rings. The minimum Gasteiger partial charge on any atom is -0.497 e. The molecule has 1 N–H and O–H groups in total. The van der Waals surface area contributed by atoms with Crippen LogP contribution >= 0.6 is 0 Å². The molecule has 4 heteroatoms. The standard InChI is InChI=1S/C21H26N2O2/c1-16(23-13-4-3-5-14-23)18-7-6-8-19(15-18)22-21(24)17-9-11-20(25-2)12-10-17/h6-12,15-16H,3-5,13-14H2,1-2H3,(H,22,24). The van der Waals surface area contributed by atoms with Crippen molar-refractivity contribution in [2.75, 3.05) is 25.5 Å². The number of amides is 1. The molecule has 0 spiro atoms. The molecule has 0 saturated carbocycles. The van der Waals surface area contributed by atoms with Crippen LogP contribution in [0, 0.1) is 0 Å². The number of hydrogen-bond acceptors (Lipinski definition) is 3. The Balaban J connectivity index is 1.69. The first-order valence-corrected chi connectivity index (χ1v) is 8.97. The van der Waals surface area contributed by atoms with Crippen LogP contribution in [0.3, 0.4) is 0 Å². The Kier molecular flexibility index (Phi) is 5.71. The van der Waals surface area contributed by atoms with E-state index < -0.39 is 0 Å². The SMILES string of the molecule is COc1ccc(C(=O)Nc2cccc(C(C)N3CCCCC3)c2)cc1. The fourth-order valence-corrected chi connectivity index (χ4v) is 3.34. The molecular weight excluding hydrogens is 312 g/mol. The molecule has 0 bridgehead atoms. The Bertz CT molecular complexity index is 706. The normalized spacial score (nSPS) is 16.2. The maximum Gasteiger partial charge on any atom is 0.255 e. The molecule has 0 aliphatic carbocycles. The van der Waals surface area contributed by atoms with Crippen molar-refractivity contribution in [1.82, 2.24) is 4.90 Å². The van der Waals surface area contributed by atoms with Crippen molar-refractivity contribution < 1.29 is 9.53 Å². The maximum absolute atomic E-state index is 12.4. The van der Waals surface area contributed by atoms with Gasteiger partial charge in [0, 0.05) is 17.3 Å². The third-order valence-corrected chi connectivity index (χ3v) is 4.92. The molecule has 1 fully saturated rings. The minimum absolute atomic E-state index is 0.106. The first-order chi connectivity index (χ1) is 12.2. The van der Waals surface area contributed by atoms with Crippen LogP contribution in [0.1, 0.15) is 48.1 Å². The summed E-state index contributed by atoms with van der Waals surface area (Å²) in [5.74, 6) is 0.638. The minimum atomic E-state index is -0.106. The van der Waals surface area contributed by atoms with Gasteiger partial charge in [-0.15, -0.1) is 0 Å². The Morgan fingerprint density at radius 3 is 2.48 bits per heavy atom. The number of rotatable bonds is 5. The van der Waals surface area contributed by atoms with E-state index in [1.807, 2.05) is 12.1 Å². The molecule has 1 amide bonds. The van der Waals surface area contributed by atoms with Crippen molar-refractivity contribution in [3.63, 3.8) is 0 Å². The first kappa shape index (κ1) is 17.5. The number of piperidine rings is 1. The Labute approximate surface area is 149 Å². The average Bonchev–Trinajstić information content (AvgIpc) is 2.68. The number of carbonyl (C=O) groups is 1. The Morgan fingerprint density at radius 2 is 1.80 bits per heavy atom. The average molecular weight is 338 g/mol. The highest BCUT2D eigenvalue weighted by Crippen LogP contribution is 2.26. The molecule has 1 heterocycles. The van der Waals surface area contributed by atoms with Gasteiger partial charge in [-0.25, -0.2) is 0 Å². The lowest BCUT2D eigenvalue weighted by Gasteiger charge is -2.32. The molecule has 1 aliphatic rings. The van der Waals surface area contributed by atoms with Crippen LogP contribution in [0.15, 0.2) is 48.5 Å². The van der Waals surface area contributed by atoms with E-state index in [1.54, 1.807) is 31.4 Å². The molecule has 1 aliphatic heterocycles. The molecule has 132 valence electrons. The van der Waals surface area contributed by atoms with Gasteiger partial charge in [-0.2, -0.15) is 0 Å². The van der Waals surface area contributed by atoms with Crippen LogP contribution in [-0.2, 0) is 0 Å². The van der Waals surface area contributed by atoms with Crippen molar-refractivity contribution in [1.29, 1.82) is 0 Å². The summed E-state index contributed by atoms with van der Waals surface area (Å²) in [6, 6.07) is 15.7. The van der Waals surface area contributed by atoms with Gasteiger partial charge in [0.2, 0.25) is 0 Å². The van der Waals surface area contributed by atoms with E-state index in [9.17, 15) is 4.79 Å². The zero-order chi connectivity index (χ0) is 17.6. The Morgan fingerprint density at radius 1 is 1.08 bits per heavy atom. The molecule has 25 heavy (non-hydrogen) atoms. The molecule has 1 unspecified atom stereocenters.